The Balaban J connectivity index is 2.62. The number of nitrogens with one attached hydrogen (secondary N) is 1. The van der Waals surface area contributed by atoms with Gasteiger partial charge in [-0.2, -0.15) is 0 Å². The van der Waals surface area contributed by atoms with Crippen LogP contribution in [0.2, 0.25) is 0 Å². The third-order valence-corrected chi connectivity index (χ3v) is 5.39. The Morgan fingerprint density at radius 2 is 2.00 bits per heavy atom. The van der Waals surface area contributed by atoms with E-state index in [9.17, 15) is 8.42 Å². The highest BCUT2D eigenvalue weighted by Crippen LogP contribution is 2.31. The van der Waals surface area contributed by atoms with Gasteiger partial charge in [-0.25, -0.2) is 8.42 Å². The summed E-state index contributed by atoms with van der Waals surface area (Å²) in [6.07, 6.45) is 6.42. The van der Waals surface area contributed by atoms with Gasteiger partial charge < -0.3 is 5.32 Å². The van der Waals surface area contributed by atoms with Gasteiger partial charge in [0, 0.05) is 12.3 Å². The van der Waals surface area contributed by atoms with E-state index in [1.54, 1.807) is 0 Å². The van der Waals surface area contributed by atoms with Crippen molar-refractivity contribution >= 4 is 9.84 Å². The lowest BCUT2D eigenvalue weighted by atomic mass is 9.82. The molecule has 0 saturated heterocycles. The standard InChI is InChI=1S/C12H25NO2S/c1-4-12(13-5-2)10-7-6-8-11(9-10)16(3,14)15/h10-13H,4-9H2,1-3H3. The largest absolute Gasteiger partial charge is 0.314 e. The van der Waals surface area contributed by atoms with Crippen molar-refractivity contribution in [3.8, 4) is 0 Å². The molecule has 3 atom stereocenters. The van der Waals surface area contributed by atoms with Crippen LogP contribution in [0.5, 0.6) is 0 Å². The van der Waals surface area contributed by atoms with Gasteiger partial charge in [0.15, 0.2) is 0 Å². The molecular weight excluding hydrogens is 222 g/mol. The van der Waals surface area contributed by atoms with Crippen molar-refractivity contribution in [1.29, 1.82) is 0 Å². The molecule has 0 aromatic rings. The average molecular weight is 247 g/mol. The van der Waals surface area contributed by atoms with Crippen molar-refractivity contribution in [2.75, 3.05) is 12.8 Å². The number of sulfone groups is 1. The first-order valence-electron chi connectivity index (χ1n) is 6.41. The SMILES string of the molecule is CCNC(CC)C1CCCC(S(C)(=O)=O)C1. The molecule has 96 valence electrons. The lowest BCUT2D eigenvalue weighted by Crippen LogP contribution is -2.40. The van der Waals surface area contributed by atoms with Crippen LogP contribution in [0, 0.1) is 5.92 Å². The maximum Gasteiger partial charge on any atom is 0.150 e. The molecule has 1 rings (SSSR count). The maximum absolute atomic E-state index is 11.6. The minimum atomic E-state index is -2.84. The Hall–Kier alpha value is -0.0900. The molecule has 16 heavy (non-hydrogen) atoms. The Bertz CT molecular complexity index is 300. The van der Waals surface area contributed by atoms with Crippen LogP contribution in [-0.2, 0) is 9.84 Å². The van der Waals surface area contributed by atoms with Crippen LogP contribution >= 0.6 is 0 Å². The molecule has 3 unspecified atom stereocenters. The van der Waals surface area contributed by atoms with E-state index in [4.69, 9.17) is 0 Å². The summed E-state index contributed by atoms with van der Waals surface area (Å²) >= 11 is 0. The first kappa shape index (κ1) is 14.0. The lowest BCUT2D eigenvalue weighted by molar-refractivity contribution is 0.267. The molecule has 3 nitrogen and oxygen atoms in total. The fourth-order valence-corrected chi connectivity index (χ4v) is 4.03. The van der Waals surface area contributed by atoms with E-state index in [0.29, 0.717) is 12.0 Å². The molecule has 0 bridgehead atoms. The number of hydrogen-bond acceptors (Lipinski definition) is 3. The van der Waals surface area contributed by atoms with Gasteiger partial charge in [-0.15, -0.1) is 0 Å². The Morgan fingerprint density at radius 1 is 1.31 bits per heavy atom. The second kappa shape index (κ2) is 6.01. The maximum atomic E-state index is 11.6. The van der Waals surface area contributed by atoms with Crippen LogP contribution in [0.15, 0.2) is 0 Å². The van der Waals surface area contributed by atoms with Crippen LogP contribution in [-0.4, -0.2) is 32.5 Å². The third kappa shape index (κ3) is 3.74. The summed E-state index contributed by atoms with van der Waals surface area (Å²) in [5, 5.41) is 3.38. The number of hydrogen-bond donors (Lipinski definition) is 1. The summed E-state index contributed by atoms with van der Waals surface area (Å²) in [5.74, 6) is 0.540. The van der Waals surface area contributed by atoms with E-state index in [-0.39, 0.29) is 5.25 Å². The van der Waals surface area contributed by atoms with Crippen molar-refractivity contribution < 1.29 is 8.42 Å². The summed E-state index contributed by atoms with van der Waals surface area (Å²) < 4.78 is 23.2. The normalized spacial score (nSPS) is 28.9. The van der Waals surface area contributed by atoms with Gasteiger partial charge in [-0.3, -0.25) is 0 Å². The zero-order valence-corrected chi connectivity index (χ0v) is 11.5. The van der Waals surface area contributed by atoms with Crippen LogP contribution in [0.4, 0.5) is 0 Å². The topological polar surface area (TPSA) is 46.2 Å². The quantitative estimate of drug-likeness (QED) is 0.808. The van der Waals surface area contributed by atoms with Gasteiger partial charge in [-0.05, 0) is 38.1 Å². The van der Waals surface area contributed by atoms with Crippen LogP contribution in [0.3, 0.4) is 0 Å². The van der Waals surface area contributed by atoms with Crippen molar-refractivity contribution in [2.24, 2.45) is 5.92 Å². The fraction of sp³-hybridized carbons (Fsp3) is 1.00. The Kier molecular flexibility index (Phi) is 5.25. The van der Waals surface area contributed by atoms with Crippen molar-refractivity contribution in [3.63, 3.8) is 0 Å². The molecule has 0 amide bonds. The zero-order valence-electron chi connectivity index (χ0n) is 10.7. The second-order valence-electron chi connectivity index (χ2n) is 4.95. The summed E-state index contributed by atoms with van der Waals surface area (Å²) in [7, 11) is -2.84. The zero-order chi connectivity index (χ0) is 12.2. The van der Waals surface area contributed by atoms with Gasteiger partial charge in [0.25, 0.3) is 0 Å². The van der Waals surface area contributed by atoms with Crippen LogP contribution in [0.25, 0.3) is 0 Å². The third-order valence-electron chi connectivity index (χ3n) is 3.75. The highest BCUT2D eigenvalue weighted by Gasteiger charge is 2.31. The predicted octanol–water partition coefficient (Wildman–Crippen LogP) is 1.98. The molecule has 0 heterocycles. The van der Waals surface area contributed by atoms with Crippen molar-refractivity contribution in [2.45, 2.75) is 57.2 Å². The van der Waals surface area contributed by atoms with E-state index in [2.05, 4.69) is 19.2 Å². The number of rotatable bonds is 5. The molecule has 0 radical (unpaired) electrons. The monoisotopic (exact) mass is 247 g/mol. The van der Waals surface area contributed by atoms with E-state index in [1.165, 1.54) is 12.7 Å². The molecule has 0 aromatic carbocycles. The Labute approximate surface area is 99.9 Å². The average Bonchev–Trinajstić information content (AvgIpc) is 2.25. The highest BCUT2D eigenvalue weighted by atomic mass is 32.2. The van der Waals surface area contributed by atoms with Gasteiger partial charge in [0.2, 0.25) is 0 Å². The summed E-state index contributed by atoms with van der Waals surface area (Å²) in [6, 6.07) is 0.495. The van der Waals surface area contributed by atoms with E-state index in [1.807, 2.05) is 0 Å². The molecule has 1 aliphatic rings. The van der Waals surface area contributed by atoms with Crippen molar-refractivity contribution in [3.05, 3.63) is 0 Å². The minimum absolute atomic E-state index is 0.0982. The highest BCUT2D eigenvalue weighted by molar-refractivity contribution is 7.91. The summed E-state index contributed by atoms with van der Waals surface area (Å²) in [4.78, 5) is 0. The molecule has 4 heteroatoms. The molecular formula is C12H25NO2S. The first-order valence-corrected chi connectivity index (χ1v) is 8.36. The van der Waals surface area contributed by atoms with Crippen LogP contribution < -0.4 is 5.32 Å². The Morgan fingerprint density at radius 3 is 2.50 bits per heavy atom. The smallest absolute Gasteiger partial charge is 0.150 e. The molecule has 0 spiro atoms. The van der Waals surface area contributed by atoms with Gasteiger partial charge in [-0.1, -0.05) is 20.3 Å². The fourth-order valence-electron chi connectivity index (χ4n) is 2.84. The molecule has 1 fully saturated rings. The van der Waals surface area contributed by atoms with Gasteiger partial charge >= 0.3 is 0 Å². The first-order chi connectivity index (χ1) is 7.49. The molecule has 1 aliphatic carbocycles. The van der Waals surface area contributed by atoms with Crippen molar-refractivity contribution in [1.82, 2.24) is 5.32 Å². The van der Waals surface area contributed by atoms with E-state index in [0.717, 1.165) is 32.2 Å². The molecule has 0 aliphatic heterocycles. The molecule has 0 aromatic heterocycles. The minimum Gasteiger partial charge on any atom is -0.314 e. The van der Waals surface area contributed by atoms with Gasteiger partial charge in [0.1, 0.15) is 9.84 Å². The summed E-state index contributed by atoms with van der Waals surface area (Å²) in [5.41, 5.74) is 0. The molecule has 1 saturated carbocycles. The van der Waals surface area contributed by atoms with Gasteiger partial charge in [0.05, 0.1) is 5.25 Å². The van der Waals surface area contributed by atoms with E-state index < -0.39 is 9.84 Å². The van der Waals surface area contributed by atoms with Crippen LogP contribution in [0.1, 0.15) is 46.0 Å². The lowest BCUT2D eigenvalue weighted by Gasteiger charge is -2.33. The second-order valence-corrected chi connectivity index (χ2v) is 7.28. The summed E-state index contributed by atoms with van der Waals surface area (Å²) in [6.45, 7) is 5.26. The molecule has 1 N–H and O–H groups in total. The van der Waals surface area contributed by atoms with E-state index >= 15 is 0 Å². The predicted molar refractivity (Wildman–Crippen MR) is 68.3 cm³/mol.